The fraction of sp³-hybridized carbons (Fsp3) is 0.364. The second-order valence-corrected chi connectivity index (χ2v) is 3.69. The number of fused-ring (bicyclic) bond motifs is 1. The highest BCUT2D eigenvalue weighted by Crippen LogP contribution is 2.29. The molecule has 1 atom stereocenters. The molecule has 0 spiro atoms. The van der Waals surface area contributed by atoms with E-state index in [-0.39, 0.29) is 17.5 Å². The summed E-state index contributed by atoms with van der Waals surface area (Å²) in [5, 5.41) is 0. The van der Waals surface area contributed by atoms with Crippen LogP contribution in [0.5, 0.6) is 0 Å². The number of aryl methyl sites for hydroxylation is 1. The minimum absolute atomic E-state index is 0.0497. The van der Waals surface area contributed by atoms with Crippen molar-refractivity contribution in [2.75, 3.05) is 0 Å². The van der Waals surface area contributed by atoms with Crippen molar-refractivity contribution in [2.45, 2.75) is 20.3 Å². The third kappa shape index (κ3) is 1.09. The van der Waals surface area contributed by atoms with Gasteiger partial charge in [0.15, 0.2) is 5.78 Å². The highest BCUT2D eigenvalue weighted by Gasteiger charge is 2.29. The van der Waals surface area contributed by atoms with Crippen molar-refractivity contribution in [3.8, 4) is 0 Å². The van der Waals surface area contributed by atoms with Crippen LogP contribution in [0.25, 0.3) is 0 Å². The highest BCUT2D eigenvalue weighted by molar-refractivity contribution is 6.02. The van der Waals surface area contributed by atoms with Gasteiger partial charge in [0.1, 0.15) is 5.82 Å². The lowest BCUT2D eigenvalue weighted by molar-refractivity contribution is 0.0946. The van der Waals surface area contributed by atoms with Crippen molar-refractivity contribution in [3.05, 3.63) is 34.6 Å². The molecule has 0 radical (unpaired) electrons. The molecule has 1 aliphatic carbocycles. The largest absolute Gasteiger partial charge is 0.294 e. The summed E-state index contributed by atoms with van der Waals surface area (Å²) in [5.74, 6) is -0.171. The summed E-state index contributed by atoms with van der Waals surface area (Å²) in [5.41, 5.74) is 1.81. The van der Waals surface area contributed by atoms with Crippen molar-refractivity contribution in [1.29, 1.82) is 0 Å². The molecule has 0 bridgehead atoms. The monoisotopic (exact) mass is 178 g/mol. The molecule has 0 fully saturated rings. The van der Waals surface area contributed by atoms with E-state index in [1.54, 1.807) is 19.1 Å². The average molecular weight is 178 g/mol. The van der Waals surface area contributed by atoms with Crippen LogP contribution in [-0.2, 0) is 6.42 Å². The summed E-state index contributed by atoms with van der Waals surface area (Å²) in [6, 6.07) is 3.41. The Morgan fingerprint density at radius 3 is 2.85 bits per heavy atom. The number of hydrogen-bond donors (Lipinski definition) is 0. The van der Waals surface area contributed by atoms with E-state index in [0.29, 0.717) is 23.1 Å². The smallest absolute Gasteiger partial charge is 0.166 e. The van der Waals surface area contributed by atoms with Gasteiger partial charge in [-0.15, -0.1) is 0 Å². The molecule has 0 saturated heterocycles. The van der Waals surface area contributed by atoms with E-state index in [1.807, 2.05) is 6.92 Å². The molecule has 0 aliphatic heterocycles. The van der Waals surface area contributed by atoms with E-state index >= 15 is 0 Å². The van der Waals surface area contributed by atoms with Crippen LogP contribution in [-0.4, -0.2) is 5.78 Å². The van der Waals surface area contributed by atoms with Gasteiger partial charge in [-0.3, -0.25) is 4.79 Å². The third-order valence-electron chi connectivity index (χ3n) is 2.66. The first-order valence-electron chi connectivity index (χ1n) is 4.43. The topological polar surface area (TPSA) is 17.1 Å². The summed E-state index contributed by atoms with van der Waals surface area (Å²) in [6.07, 6.45) is 0.557. The van der Waals surface area contributed by atoms with Gasteiger partial charge >= 0.3 is 0 Å². The van der Waals surface area contributed by atoms with E-state index in [4.69, 9.17) is 0 Å². The molecule has 0 saturated carbocycles. The van der Waals surface area contributed by atoms with E-state index < -0.39 is 0 Å². The predicted molar refractivity (Wildman–Crippen MR) is 48.3 cm³/mol. The van der Waals surface area contributed by atoms with Gasteiger partial charge in [0.25, 0.3) is 0 Å². The lowest BCUT2D eigenvalue weighted by Crippen LogP contribution is -2.02. The Labute approximate surface area is 76.6 Å². The summed E-state index contributed by atoms with van der Waals surface area (Å²) in [4.78, 5) is 11.5. The Morgan fingerprint density at radius 2 is 2.15 bits per heavy atom. The lowest BCUT2D eigenvalue weighted by Gasteiger charge is -2.01. The van der Waals surface area contributed by atoms with E-state index in [9.17, 15) is 9.18 Å². The summed E-state index contributed by atoms with van der Waals surface area (Å²) in [6.45, 7) is 3.57. The van der Waals surface area contributed by atoms with Crippen LogP contribution in [0.15, 0.2) is 12.1 Å². The molecule has 2 rings (SSSR count). The van der Waals surface area contributed by atoms with Crippen molar-refractivity contribution in [2.24, 2.45) is 5.92 Å². The van der Waals surface area contributed by atoms with Crippen LogP contribution in [0.4, 0.5) is 4.39 Å². The SMILES string of the molecule is Cc1ccc2c(c1F)CC(C)C2=O. The van der Waals surface area contributed by atoms with Crippen LogP contribution < -0.4 is 0 Å². The molecule has 0 aromatic heterocycles. The third-order valence-corrected chi connectivity index (χ3v) is 2.66. The number of ketones is 1. The zero-order valence-electron chi connectivity index (χ0n) is 7.73. The minimum atomic E-state index is -0.199. The molecule has 1 nitrogen and oxygen atoms in total. The van der Waals surface area contributed by atoms with Gasteiger partial charge in [0, 0.05) is 11.5 Å². The lowest BCUT2D eigenvalue weighted by atomic mass is 10.1. The maximum Gasteiger partial charge on any atom is 0.166 e. The van der Waals surface area contributed by atoms with Gasteiger partial charge in [-0.2, -0.15) is 0 Å². The summed E-state index contributed by atoms with van der Waals surface area (Å²) >= 11 is 0. The normalized spacial score (nSPS) is 20.5. The molecular weight excluding hydrogens is 167 g/mol. The average Bonchev–Trinajstić information content (AvgIpc) is 2.38. The van der Waals surface area contributed by atoms with Gasteiger partial charge in [-0.05, 0) is 24.5 Å². The molecular formula is C11H11FO. The second-order valence-electron chi connectivity index (χ2n) is 3.69. The molecule has 0 heterocycles. The van der Waals surface area contributed by atoms with Gasteiger partial charge in [0.2, 0.25) is 0 Å². The summed E-state index contributed by atoms with van der Waals surface area (Å²) in [7, 11) is 0. The number of Topliss-reactive ketones (excluding diaryl/α,β-unsaturated/α-hetero) is 1. The van der Waals surface area contributed by atoms with Crippen LogP contribution in [0, 0.1) is 18.7 Å². The number of halogens is 1. The first kappa shape index (κ1) is 8.42. The van der Waals surface area contributed by atoms with E-state index in [1.165, 1.54) is 0 Å². The molecule has 1 aromatic rings. The van der Waals surface area contributed by atoms with Gasteiger partial charge in [-0.25, -0.2) is 4.39 Å². The Morgan fingerprint density at radius 1 is 1.46 bits per heavy atom. The Bertz CT molecular complexity index is 382. The van der Waals surface area contributed by atoms with Crippen LogP contribution in [0.1, 0.15) is 28.4 Å². The first-order chi connectivity index (χ1) is 6.11. The molecule has 0 amide bonds. The Hall–Kier alpha value is -1.18. The number of rotatable bonds is 0. The highest BCUT2D eigenvalue weighted by atomic mass is 19.1. The Balaban J connectivity index is 2.64. The molecule has 1 aromatic carbocycles. The molecule has 68 valence electrons. The quantitative estimate of drug-likeness (QED) is 0.596. The number of carbonyl (C=O) groups excluding carboxylic acids is 1. The van der Waals surface area contributed by atoms with Crippen molar-refractivity contribution in [1.82, 2.24) is 0 Å². The second kappa shape index (κ2) is 2.66. The molecule has 13 heavy (non-hydrogen) atoms. The molecule has 0 N–H and O–H groups in total. The van der Waals surface area contributed by atoms with Crippen molar-refractivity contribution >= 4 is 5.78 Å². The maximum absolute atomic E-state index is 13.5. The fourth-order valence-electron chi connectivity index (χ4n) is 1.83. The first-order valence-corrected chi connectivity index (χ1v) is 4.43. The molecule has 1 aliphatic rings. The zero-order chi connectivity index (χ0) is 9.59. The van der Waals surface area contributed by atoms with E-state index in [2.05, 4.69) is 0 Å². The minimum Gasteiger partial charge on any atom is -0.294 e. The van der Waals surface area contributed by atoms with Crippen LogP contribution >= 0.6 is 0 Å². The Kier molecular flexibility index (Phi) is 1.72. The summed E-state index contributed by atoms with van der Waals surface area (Å²) < 4.78 is 13.5. The fourth-order valence-corrected chi connectivity index (χ4v) is 1.83. The number of benzene rings is 1. The predicted octanol–water partition coefficient (Wildman–Crippen LogP) is 2.51. The van der Waals surface area contributed by atoms with Crippen LogP contribution in [0.2, 0.25) is 0 Å². The van der Waals surface area contributed by atoms with Crippen molar-refractivity contribution < 1.29 is 9.18 Å². The maximum atomic E-state index is 13.5. The van der Waals surface area contributed by atoms with Crippen LogP contribution in [0.3, 0.4) is 0 Å². The zero-order valence-corrected chi connectivity index (χ0v) is 7.73. The molecule has 2 heteroatoms. The number of hydrogen-bond acceptors (Lipinski definition) is 1. The number of carbonyl (C=O) groups is 1. The molecule has 1 unspecified atom stereocenters. The van der Waals surface area contributed by atoms with Crippen molar-refractivity contribution in [3.63, 3.8) is 0 Å². The van der Waals surface area contributed by atoms with Gasteiger partial charge < -0.3 is 0 Å². The van der Waals surface area contributed by atoms with E-state index in [0.717, 1.165) is 0 Å². The van der Waals surface area contributed by atoms with Gasteiger partial charge in [-0.1, -0.05) is 19.1 Å². The standard InChI is InChI=1S/C11H11FO/c1-6-3-4-8-9(10(6)12)5-7(2)11(8)13/h3-4,7H,5H2,1-2H3. The van der Waals surface area contributed by atoms with Gasteiger partial charge in [0.05, 0.1) is 0 Å².